The van der Waals surface area contributed by atoms with Gasteiger partial charge in [0.25, 0.3) is 5.91 Å². The highest BCUT2D eigenvalue weighted by atomic mass is 19.4. The zero-order chi connectivity index (χ0) is 21.5. The van der Waals surface area contributed by atoms with Crippen molar-refractivity contribution < 1.29 is 27.9 Å². The average Bonchev–Trinajstić information content (AvgIpc) is 2.62. The molecular weight excluding hydrogens is 379 g/mol. The second-order valence-electron chi connectivity index (χ2n) is 5.91. The number of pyridine rings is 1. The number of aromatic nitrogens is 3. The third kappa shape index (κ3) is 6.82. The van der Waals surface area contributed by atoms with Crippen LogP contribution in [0.3, 0.4) is 0 Å². The quantitative estimate of drug-likeness (QED) is 0.814. The maximum atomic E-state index is 12.1. The molecule has 2 rings (SSSR count). The summed E-state index contributed by atoms with van der Waals surface area (Å²) in [5.41, 5.74) is 1.90. The van der Waals surface area contributed by atoms with Crippen LogP contribution in [0.4, 0.5) is 24.7 Å². The van der Waals surface area contributed by atoms with Crippen LogP contribution < -0.4 is 10.2 Å². The van der Waals surface area contributed by atoms with Crippen LogP contribution in [-0.2, 0) is 4.79 Å². The maximum absolute atomic E-state index is 12.1. The van der Waals surface area contributed by atoms with Gasteiger partial charge in [-0.3, -0.25) is 9.78 Å². The molecule has 2 aromatic rings. The molecule has 0 aliphatic heterocycles. The van der Waals surface area contributed by atoms with E-state index in [0.717, 1.165) is 11.4 Å². The number of aliphatic carboxylic acids is 1. The molecule has 28 heavy (non-hydrogen) atoms. The molecular formula is C17H20F3N5O3. The summed E-state index contributed by atoms with van der Waals surface area (Å²) in [6, 6.07) is 2.15. The molecule has 0 bridgehead atoms. The summed E-state index contributed by atoms with van der Waals surface area (Å²) >= 11 is 0. The van der Waals surface area contributed by atoms with Gasteiger partial charge in [0.05, 0.1) is 24.3 Å². The molecule has 152 valence electrons. The molecule has 11 heteroatoms. The van der Waals surface area contributed by atoms with Gasteiger partial charge < -0.3 is 15.3 Å². The number of carbonyl (C=O) groups is 2. The van der Waals surface area contributed by atoms with Gasteiger partial charge in [0.1, 0.15) is 11.5 Å². The van der Waals surface area contributed by atoms with E-state index in [2.05, 4.69) is 34.1 Å². The van der Waals surface area contributed by atoms with Crippen molar-refractivity contribution in [2.24, 2.45) is 0 Å². The van der Waals surface area contributed by atoms with Crippen molar-refractivity contribution in [1.29, 1.82) is 0 Å². The summed E-state index contributed by atoms with van der Waals surface area (Å²) < 4.78 is 31.7. The first-order chi connectivity index (χ1) is 12.9. The number of hydrogen-bond acceptors (Lipinski definition) is 6. The summed E-state index contributed by atoms with van der Waals surface area (Å²) in [5.74, 6) is -2.32. The molecule has 0 aliphatic rings. The number of anilines is 2. The van der Waals surface area contributed by atoms with Gasteiger partial charge in [-0.2, -0.15) is 13.2 Å². The number of nitrogens with zero attached hydrogens (tertiary/aromatic N) is 4. The van der Waals surface area contributed by atoms with Gasteiger partial charge in [0, 0.05) is 19.3 Å². The monoisotopic (exact) mass is 399 g/mol. The number of carboxylic acids is 1. The number of carbonyl (C=O) groups excluding carboxylic acids is 1. The van der Waals surface area contributed by atoms with Gasteiger partial charge >= 0.3 is 12.1 Å². The van der Waals surface area contributed by atoms with Gasteiger partial charge in [-0.25, -0.2) is 14.8 Å². The molecule has 0 saturated heterocycles. The van der Waals surface area contributed by atoms with Crippen molar-refractivity contribution in [1.82, 2.24) is 15.0 Å². The summed E-state index contributed by atoms with van der Waals surface area (Å²) in [5, 5.41) is 9.91. The average molecular weight is 399 g/mol. The lowest BCUT2D eigenvalue weighted by Crippen LogP contribution is -2.27. The lowest BCUT2D eigenvalue weighted by molar-refractivity contribution is -0.192. The molecule has 2 N–H and O–H groups in total. The number of nitrogens with one attached hydrogen (secondary N) is 1. The number of rotatable bonds is 4. The normalized spacial score (nSPS) is 10.7. The molecule has 2 heterocycles. The van der Waals surface area contributed by atoms with E-state index in [1.54, 1.807) is 18.6 Å². The zero-order valence-electron chi connectivity index (χ0n) is 15.7. The summed E-state index contributed by atoms with van der Waals surface area (Å²) in [6.07, 6.45) is 1.29. The Hall–Kier alpha value is -3.24. The minimum Gasteiger partial charge on any atom is -0.475 e. The summed E-state index contributed by atoms with van der Waals surface area (Å²) in [4.78, 5) is 35.4. The van der Waals surface area contributed by atoms with Crippen molar-refractivity contribution in [2.75, 3.05) is 17.3 Å². The molecule has 1 amide bonds. The van der Waals surface area contributed by atoms with Crippen LogP contribution >= 0.6 is 0 Å². The Bertz CT molecular complexity index is 810. The van der Waals surface area contributed by atoms with Crippen LogP contribution in [0.1, 0.15) is 29.9 Å². The second kappa shape index (κ2) is 9.62. The van der Waals surface area contributed by atoms with Crippen LogP contribution in [0.2, 0.25) is 0 Å². The minimum atomic E-state index is -5.08. The fourth-order valence-corrected chi connectivity index (χ4v) is 1.67. The van der Waals surface area contributed by atoms with Crippen LogP contribution in [0.15, 0.2) is 30.9 Å². The van der Waals surface area contributed by atoms with E-state index >= 15 is 0 Å². The van der Waals surface area contributed by atoms with Gasteiger partial charge in [-0.15, -0.1) is 0 Å². The van der Waals surface area contributed by atoms with Crippen molar-refractivity contribution in [3.05, 3.63) is 42.1 Å². The lowest BCUT2D eigenvalue weighted by atomic mass is 10.2. The Morgan fingerprint density at radius 2 is 1.79 bits per heavy atom. The van der Waals surface area contributed by atoms with E-state index in [9.17, 15) is 18.0 Å². The number of hydrogen-bond donors (Lipinski definition) is 2. The maximum Gasteiger partial charge on any atom is 0.490 e. The Morgan fingerprint density at radius 3 is 2.21 bits per heavy atom. The van der Waals surface area contributed by atoms with Crippen LogP contribution in [-0.4, -0.2) is 51.2 Å². The van der Waals surface area contributed by atoms with Gasteiger partial charge in [0.2, 0.25) is 0 Å². The first-order valence-electron chi connectivity index (χ1n) is 8.00. The van der Waals surface area contributed by atoms with Crippen LogP contribution in [0, 0.1) is 6.92 Å². The minimum absolute atomic E-state index is 0.277. The Kier molecular flexibility index (Phi) is 7.84. The number of halogens is 3. The molecule has 0 aromatic carbocycles. The van der Waals surface area contributed by atoms with E-state index in [0.29, 0.717) is 11.7 Å². The predicted molar refractivity (Wildman–Crippen MR) is 96.2 cm³/mol. The van der Waals surface area contributed by atoms with E-state index in [4.69, 9.17) is 9.90 Å². The molecule has 0 spiro atoms. The fourth-order valence-electron chi connectivity index (χ4n) is 1.67. The van der Waals surface area contributed by atoms with Crippen LogP contribution in [0.25, 0.3) is 0 Å². The highest BCUT2D eigenvalue weighted by molar-refractivity contribution is 6.03. The van der Waals surface area contributed by atoms with Crippen molar-refractivity contribution in [3.8, 4) is 0 Å². The topological polar surface area (TPSA) is 108 Å². The highest BCUT2D eigenvalue weighted by Crippen LogP contribution is 2.14. The number of alkyl halides is 3. The van der Waals surface area contributed by atoms with Gasteiger partial charge in [-0.1, -0.05) is 0 Å². The smallest absolute Gasteiger partial charge is 0.475 e. The Morgan fingerprint density at radius 1 is 1.18 bits per heavy atom. The fraction of sp³-hybridized carbons (Fsp3) is 0.353. The molecule has 0 atom stereocenters. The molecule has 2 aromatic heterocycles. The Balaban J connectivity index is 0.000000480. The number of carboxylic acid groups (broad SMARTS) is 1. The van der Waals surface area contributed by atoms with Crippen molar-refractivity contribution in [2.45, 2.75) is 33.0 Å². The molecule has 0 unspecified atom stereocenters. The molecule has 0 fully saturated rings. The zero-order valence-corrected chi connectivity index (χ0v) is 15.7. The van der Waals surface area contributed by atoms with Gasteiger partial charge in [0.15, 0.2) is 0 Å². The number of aryl methyl sites for hydroxylation is 1. The third-order valence-corrected chi connectivity index (χ3v) is 3.54. The van der Waals surface area contributed by atoms with Crippen LogP contribution in [0.5, 0.6) is 0 Å². The Labute approximate surface area is 159 Å². The molecule has 8 nitrogen and oxygen atoms in total. The SMILES string of the molecule is Cc1ccncc1NC(=O)c1cnc(N(C)C(C)C)cn1.O=C(O)C(F)(F)F. The third-order valence-electron chi connectivity index (χ3n) is 3.54. The second-order valence-corrected chi connectivity index (χ2v) is 5.91. The van der Waals surface area contributed by atoms with E-state index in [1.165, 1.54) is 6.20 Å². The highest BCUT2D eigenvalue weighted by Gasteiger charge is 2.38. The first kappa shape index (κ1) is 22.8. The summed E-state index contributed by atoms with van der Waals surface area (Å²) in [6.45, 7) is 6.03. The molecule has 0 radical (unpaired) electrons. The molecule has 0 aliphatic carbocycles. The standard InChI is InChI=1S/C15H19N5O.C2HF3O2/c1-10(2)20(4)14-9-17-13(8-18-14)15(21)19-12-7-16-6-5-11(12)3;3-2(4,5)1(6)7/h5-10H,1-4H3,(H,19,21);(H,6,7). The van der Waals surface area contributed by atoms with E-state index in [-0.39, 0.29) is 11.6 Å². The summed E-state index contributed by atoms with van der Waals surface area (Å²) in [7, 11) is 1.94. The van der Waals surface area contributed by atoms with Crippen molar-refractivity contribution in [3.63, 3.8) is 0 Å². The van der Waals surface area contributed by atoms with Crippen molar-refractivity contribution >= 4 is 23.4 Å². The number of amides is 1. The largest absolute Gasteiger partial charge is 0.490 e. The lowest BCUT2D eigenvalue weighted by Gasteiger charge is -2.21. The molecule has 0 saturated carbocycles. The first-order valence-corrected chi connectivity index (χ1v) is 8.00. The van der Waals surface area contributed by atoms with E-state index in [1.807, 2.05) is 24.9 Å². The van der Waals surface area contributed by atoms with E-state index < -0.39 is 12.1 Å². The predicted octanol–water partition coefficient (Wildman–Crippen LogP) is 2.91. The van der Waals surface area contributed by atoms with Gasteiger partial charge in [-0.05, 0) is 32.4 Å².